The van der Waals surface area contributed by atoms with Crippen LogP contribution in [0.25, 0.3) is 0 Å². The summed E-state index contributed by atoms with van der Waals surface area (Å²) in [7, 11) is 0. The lowest BCUT2D eigenvalue weighted by Crippen LogP contribution is -2.50. The Hall–Kier alpha value is -2.69. The van der Waals surface area contributed by atoms with Gasteiger partial charge in [0.05, 0.1) is 5.56 Å². The molecule has 3 nitrogen and oxygen atoms in total. The van der Waals surface area contributed by atoms with Gasteiger partial charge in [0.25, 0.3) is 0 Å². The first-order valence-corrected chi connectivity index (χ1v) is 10.5. The molecule has 0 spiro atoms. The Kier molecular flexibility index (Phi) is 5.90. The van der Waals surface area contributed by atoms with Gasteiger partial charge in [0.2, 0.25) is 0 Å². The molecule has 0 bridgehead atoms. The molecule has 2 aromatic rings. The molecule has 1 fully saturated rings. The van der Waals surface area contributed by atoms with Crippen molar-refractivity contribution in [2.24, 2.45) is 0 Å². The molecule has 2 unspecified atom stereocenters. The van der Waals surface area contributed by atoms with E-state index in [1.165, 1.54) is 12.1 Å². The molecular weight excluding hydrogens is 474 g/mol. The molecule has 1 heterocycles. The maximum atomic E-state index is 14.5. The van der Waals surface area contributed by atoms with Crippen LogP contribution >= 0.6 is 0 Å². The molecule has 1 aliphatic heterocycles. The Morgan fingerprint density at radius 3 is 2.24 bits per heavy atom. The van der Waals surface area contributed by atoms with Gasteiger partial charge in [-0.1, -0.05) is 24.3 Å². The largest absolute Gasteiger partial charge is 0.478 e. The zero-order valence-corrected chi connectivity index (χ0v) is 17.5. The van der Waals surface area contributed by atoms with Gasteiger partial charge < -0.3 is 5.11 Å². The molecule has 2 aromatic carbocycles. The van der Waals surface area contributed by atoms with Crippen molar-refractivity contribution in [2.45, 2.75) is 55.8 Å². The van der Waals surface area contributed by atoms with Gasteiger partial charge in [-0.2, -0.15) is 26.3 Å². The molecule has 1 aliphatic carbocycles. The van der Waals surface area contributed by atoms with Crippen LogP contribution in [0.5, 0.6) is 0 Å². The van der Waals surface area contributed by atoms with Gasteiger partial charge in [-0.15, -0.1) is 0 Å². The Labute approximate surface area is 189 Å². The number of likely N-dealkylation sites (tertiary alicyclic amines) is 1. The number of alkyl halides is 7. The molecule has 4 rings (SSSR count). The molecule has 184 valence electrons. The lowest BCUT2D eigenvalue weighted by molar-refractivity contribution is -0.348. The number of fused-ring (bicyclic) bond motifs is 3. The number of halogens is 8. The molecule has 2 aliphatic rings. The summed E-state index contributed by atoms with van der Waals surface area (Å²) in [5.74, 6) is -2.14. The lowest BCUT2D eigenvalue weighted by atomic mass is 9.77. The standard InChI is InChI=1S/C23H19F8NO2/c24-18-10-13(20(33)34)1-2-14(18)11-32-8-7-17-16-5-4-15(9-12(16)3-6-19(17)32)21(25,22(26,27)28)23(29,30)31/h1-2,4-5,9-10,17,19H,3,6-8,11H2,(H,33,34). The average Bonchev–Trinajstić information content (AvgIpc) is 3.15. The minimum Gasteiger partial charge on any atom is -0.478 e. The van der Waals surface area contributed by atoms with Crippen LogP contribution < -0.4 is 0 Å². The van der Waals surface area contributed by atoms with Crippen molar-refractivity contribution < 1.29 is 45.0 Å². The first-order valence-electron chi connectivity index (χ1n) is 10.5. The predicted molar refractivity (Wildman–Crippen MR) is 105 cm³/mol. The maximum Gasteiger partial charge on any atom is 0.435 e. The highest BCUT2D eigenvalue weighted by molar-refractivity contribution is 5.87. The van der Waals surface area contributed by atoms with Crippen LogP contribution in [0.3, 0.4) is 0 Å². The number of carboxylic acids is 1. The van der Waals surface area contributed by atoms with Crippen molar-refractivity contribution in [3.63, 3.8) is 0 Å². The third-order valence-corrected chi connectivity index (χ3v) is 6.77. The number of aromatic carboxylic acids is 1. The fourth-order valence-electron chi connectivity index (χ4n) is 5.08. The van der Waals surface area contributed by atoms with E-state index >= 15 is 0 Å². The number of aryl methyl sites for hydroxylation is 1. The number of hydrogen-bond donors (Lipinski definition) is 1. The zero-order valence-electron chi connectivity index (χ0n) is 17.5. The second kappa shape index (κ2) is 8.21. The second-order valence-corrected chi connectivity index (χ2v) is 8.65. The number of benzene rings is 2. The Morgan fingerprint density at radius 2 is 1.65 bits per heavy atom. The fraction of sp³-hybridized carbons (Fsp3) is 0.435. The molecule has 0 aromatic heterocycles. The third-order valence-electron chi connectivity index (χ3n) is 6.77. The summed E-state index contributed by atoms with van der Waals surface area (Å²) < 4.78 is 108. The number of rotatable bonds is 4. The number of carboxylic acid groups (broad SMARTS) is 1. The first-order chi connectivity index (χ1) is 15.7. The van der Waals surface area contributed by atoms with Crippen LogP contribution in [0.4, 0.5) is 35.1 Å². The molecule has 0 saturated carbocycles. The highest BCUT2D eigenvalue weighted by Crippen LogP contribution is 2.54. The van der Waals surface area contributed by atoms with Gasteiger partial charge in [0.15, 0.2) is 0 Å². The second-order valence-electron chi connectivity index (χ2n) is 8.65. The van der Waals surface area contributed by atoms with Crippen molar-refractivity contribution in [3.8, 4) is 0 Å². The summed E-state index contributed by atoms with van der Waals surface area (Å²) in [4.78, 5) is 12.9. The first kappa shape index (κ1) is 24.4. The van der Waals surface area contributed by atoms with Crippen LogP contribution in [0.1, 0.15) is 51.4 Å². The number of carbonyl (C=O) groups is 1. The van der Waals surface area contributed by atoms with Crippen molar-refractivity contribution in [1.29, 1.82) is 0 Å². The highest BCUT2D eigenvalue weighted by Gasteiger charge is 2.73. The average molecular weight is 493 g/mol. The molecule has 2 atom stereocenters. The minimum atomic E-state index is -6.17. The number of hydrogen-bond acceptors (Lipinski definition) is 2. The molecule has 34 heavy (non-hydrogen) atoms. The van der Waals surface area contributed by atoms with E-state index in [9.17, 15) is 39.9 Å². The summed E-state index contributed by atoms with van der Waals surface area (Å²) in [6, 6.07) is 5.82. The normalized spacial score (nSPS) is 21.3. The Balaban J connectivity index is 1.59. The van der Waals surface area contributed by atoms with E-state index in [2.05, 4.69) is 0 Å². The summed E-state index contributed by atoms with van der Waals surface area (Å²) in [5.41, 5.74) is -6.05. The summed E-state index contributed by atoms with van der Waals surface area (Å²) in [6.45, 7) is 0.685. The van der Waals surface area contributed by atoms with E-state index in [1.807, 2.05) is 4.90 Å². The third kappa shape index (κ3) is 3.93. The SMILES string of the molecule is O=C(O)c1ccc(CN2CCC3c4ccc(C(F)(C(F)(F)F)C(F)(F)F)cc4CCC32)c(F)c1. The summed E-state index contributed by atoms with van der Waals surface area (Å²) >= 11 is 0. The van der Waals surface area contributed by atoms with Crippen LogP contribution in [0.15, 0.2) is 36.4 Å². The Morgan fingerprint density at radius 1 is 0.971 bits per heavy atom. The van der Waals surface area contributed by atoms with Crippen LogP contribution in [0, 0.1) is 5.82 Å². The number of nitrogens with zero attached hydrogens (tertiary/aromatic N) is 1. The molecule has 1 saturated heterocycles. The predicted octanol–water partition coefficient (Wildman–Crippen LogP) is 6.12. The summed E-state index contributed by atoms with van der Waals surface area (Å²) in [5, 5.41) is 8.97. The highest BCUT2D eigenvalue weighted by atomic mass is 19.4. The smallest absolute Gasteiger partial charge is 0.435 e. The van der Waals surface area contributed by atoms with Crippen molar-refractivity contribution in [3.05, 3.63) is 70.0 Å². The van der Waals surface area contributed by atoms with Crippen LogP contribution in [0.2, 0.25) is 0 Å². The van der Waals surface area contributed by atoms with Crippen molar-refractivity contribution >= 4 is 5.97 Å². The fourth-order valence-corrected chi connectivity index (χ4v) is 5.08. The van der Waals surface area contributed by atoms with E-state index in [0.717, 1.165) is 12.1 Å². The van der Waals surface area contributed by atoms with Gasteiger partial charge in [-0.05, 0) is 49.1 Å². The maximum absolute atomic E-state index is 14.5. The molecule has 11 heteroatoms. The zero-order chi connectivity index (χ0) is 25.1. The van der Waals surface area contributed by atoms with Gasteiger partial charge in [-0.25, -0.2) is 13.6 Å². The minimum absolute atomic E-state index is 0.128. The topological polar surface area (TPSA) is 40.5 Å². The molecule has 0 amide bonds. The molecule has 0 radical (unpaired) electrons. The van der Waals surface area contributed by atoms with E-state index in [4.69, 9.17) is 5.11 Å². The van der Waals surface area contributed by atoms with Gasteiger partial charge >= 0.3 is 24.0 Å². The van der Waals surface area contributed by atoms with Crippen LogP contribution in [-0.4, -0.2) is 40.9 Å². The van der Waals surface area contributed by atoms with Gasteiger partial charge in [0.1, 0.15) is 5.82 Å². The lowest BCUT2D eigenvalue weighted by Gasteiger charge is -2.35. The quantitative estimate of drug-likeness (QED) is 0.522. The monoisotopic (exact) mass is 493 g/mol. The summed E-state index contributed by atoms with van der Waals surface area (Å²) in [6.07, 6.45) is -11.2. The van der Waals surface area contributed by atoms with E-state index < -0.39 is 35.4 Å². The molecular formula is C23H19F8NO2. The van der Waals surface area contributed by atoms with Gasteiger partial charge in [0, 0.05) is 29.6 Å². The Bertz CT molecular complexity index is 1100. The van der Waals surface area contributed by atoms with E-state index in [1.54, 1.807) is 0 Å². The van der Waals surface area contributed by atoms with E-state index in [-0.39, 0.29) is 41.6 Å². The van der Waals surface area contributed by atoms with Crippen molar-refractivity contribution in [2.75, 3.05) is 6.54 Å². The van der Waals surface area contributed by atoms with Gasteiger partial charge in [-0.3, -0.25) is 4.90 Å². The van der Waals surface area contributed by atoms with Crippen molar-refractivity contribution in [1.82, 2.24) is 4.90 Å². The molecule has 1 N–H and O–H groups in total. The van der Waals surface area contributed by atoms with E-state index in [0.29, 0.717) is 37.1 Å². The van der Waals surface area contributed by atoms with Crippen LogP contribution in [-0.2, 0) is 18.6 Å².